The number of pyridine rings is 1. The molecule has 0 saturated heterocycles. The molecule has 0 aliphatic rings. The lowest BCUT2D eigenvalue weighted by molar-refractivity contribution is 0.0828. The Morgan fingerprint density at radius 3 is 2.68 bits per heavy atom. The number of carbonyl (C=O) groups is 1. The Hall–Kier alpha value is -3.41. The fourth-order valence-corrected chi connectivity index (χ4v) is 2.90. The van der Waals surface area contributed by atoms with Crippen molar-refractivity contribution >= 4 is 27.8 Å². The van der Waals surface area contributed by atoms with Gasteiger partial charge in [0.25, 0.3) is 11.5 Å². The third-order valence-corrected chi connectivity index (χ3v) is 4.14. The molecule has 2 aromatic heterocycles. The van der Waals surface area contributed by atoms with Gasteiger partial charge in [-0.3, -0.25) is 9.59 Å². The number of nitrogens with zero attached hydrogens (tertiary/aromatic N) is 3. The molecule has 4 rings (SSSR count). The van der Waals surface area contributed by atoms with E-state index in [1.807, 2.05) is 24.3 Å². The number of para-hydroxylation sites is 1. The number of rotatable bonds is 2. The molecule has 0 radical (unpaired) electrons. The first-order valence-electron chi connectivity index (χ1n) is 7.87. The summed E-state index contributed by atoms with van der Waals surface area (Å²) in [6.07, 6.45) is 0. The third kappa shape index (κ3) is 2.48. The standard InChI is InChI=1S/C19H16N4O2/c1-22(2)18(25)13-7-9-14-15(11-13)21-19(20-14)23-16-6-4-3-5-12(16)8-10-17(23)24/h3-11H,1-2H3,(H,20,21). The summed E-state index contributed by atoms with van der Waals surface area (Å²) in [5.74, 6) is 0.353. The summed E-state index contributed by atoms with van der Waals surface area (Å²) >= 11 is 0. The van der Waals surface area contributed by atoms with Crippen molar-refractivity contribution in [3.05, 3.63) is 70.5 Å². The van der Waals surface area contributed by atoms with E-state index >= 15 is 0 Å². The molecule has 0 fully saturated rings. The van der Waals surface area contributed by atoms with Crippen LogP contribution in [-0.4, -0.2) is 39.4 Å². The second kappa shape index (κ2) is 5.59. The molecule has 6 nitrogen and oxygen atoms in total. The van der Waals surface area contributed by atoms with Crippen molar-refractivity contribution in [3.8, 4) is 5.95 Å². The van der Waals surface area contributed by atoms with Crippen molar-refractivity contribution in [2.24, 2.45) is 0 Å². The van der Waals surface area contributed by atoms with E-state index in [1.54, 1.807) is 42.9 Å². The number of aromatic amines is 1. The summed E-state index contributed by atoms with van der Waals surface area (Å²) in [6, 6.07) is 16.2. The summed E-state index contributed by atoms with van der Waals surface area (Å²) in [7, 11) is 3.42. The predicted molar refractivity (Wildman–Crippen MR) is 97.2 cm³/mol. The smallest absolute Gasteiger partial charge is 0.257 e. The van der Waals surface area contributed by atoms with Crippen LogP contribution in [0.4, 0.5) is 0 Å². The number of aromatic nitrogens is 3. The topological polar surface area (TPSA) is 71.0 Å². The maximum Gasteiger partial charge on any atom is 0.257 e. The molecule has 2 heterocycles. The molecule has 2 aromatic carbocycles. The zero-order valence-electron chi connectivity index (χ0n) is 13.9. The van der Waals surface area contributed by atoms with Gasteiger partial charge in [-0.1, -0.05) is 18.2 Å². The molecular formula is C19H16N4O2. The zero-order chi connectivity index (χ0) is 17.6. The molecule has 0 unspecified atom stereocenters. The van der Waals surface area contributed by atoms with Gasteiger partial charge in [-0.05, 0) is 35.7 Å². The van der Waals surface area contributed by atoms with Gasteiger partial charge in [0.2, 0.25) is 5.95 Å². The Bertz CT molecular complexity index is 1170. The van der Waals surface area contributed by atoms with Crippen LogP contribution >= 0.6 is 0 Å². The van der Waals surface area contributed by atoms with Crippen LogP contribution in [-0.2, 0) is 0 Å². The van der Waals surface area contributed by atoms with Crippen molar-refractivity contribution in [2.75, 3.05) is 14.1 Å². The van der Waals surface area contributed by atoms with Gasteiger partial charge in [-0.2, -0.15) is 0 Å². The lowest BCUT2D eigenvalue weighted by Gasteiger charge is -2.09. The van der Waals surface area contributed by atoms with E-state index in [0.717, 1.165) is 10.9 Å². The fourth-order valence-electron chi connectivity index (χ4n) is 2.90. The van der Waals surface area contributed by atoms with E-state index in [9.17, 15) is 9.59 Å². The molecule has 6 heteroatoms. The highest BCUT2D eigenvalue weighted by molar-refractivity contribution is 5.97. The van der Waals surface area contributed by atoms with Crippen LogP contribution in [0.1, 0.15) is 10.4 Å². The van der Waals surface area contributed by atoms with Crippen LogP contribution in [0, 0.1) is 0 Å². The van der Waals surface area contributed by atoms with E-state index in [1.165, 1.54) is 11.0 Å². The van der Waals surface area contributed by atoms with Crippen molar-refractivity contribution in [3.63, 3.8) is 0 Å². The van der Waals surface area contributed by atoms with Gasteiger partial charge >= 0.3 is 0 Å². The van der Waals surface area contributed by atoms with Crippen LogP contribution in [0.2, 0.25) is 0 Å². The maximum atomic E-state index is 12.4. The average molecular weight is 332 g/mol. The highest BCUT2D eigenvalue weighted by Crippen LogP contribution is 2.19. The molecular weight excluding hydrogens is 316 g/mol. The predicted octanol–water partition coefficient (Wildman–Crippen LogP) is 2.57. The van der Waals surface area contributed by atoms with Crippen molar-refractivity contribution in [1.82, 2.24) is 19.4 Å². The van der Waals surface area contributed by atoms with Gasteiger partial charge in [0.1, 0.15) is 0 Å². The van der Waals surface area contributed by atoms with E-state index in [0.29, 0.717) is 22.5 Å². The monoisotopic (exact) mass is 332 g/mol. The van der Waals surface area contributed by atoms with Gasteiger partial charge in [-0.15, -0.1) is 0 Å². The number of H-pyrrole nitrogens is 1. The summed E-state index contributed by atoms with van der Waals surface area (Å²) in [6.45, 7) is 0. The normalized spacial score (nSPS) is 11.1. The largest absolute Gasteiger partial charge is 0.345 e. The van der Waals surface area contributed by atoms with Crippen molar-refractivity contribution in [1.29, 1.82) is 0 Å². The first kappa shape index (κ1) is 15.1. The third-order valence-electron chi connectivity index (χ3n) is 4.14. The lowest BCUT2D eigenvalue weighted by Crippen LogP contribution is -2.21. The number of benzene rings is 2. The molecule has 0 bridgehead atoms. The Morgan fingerprint density at radius 1 is 1.08 bits per heavy atom. The van der Waals surface area contributed by atoms with E-state index < -0.39 is 0 Å². The molecule has 0 saturated carbocycles. The van der Waals surface area contributed by atoms with Crippen molar-refractivity contribution in [2.45, 2.75) is 0 Å². The second-order valence-corrected chi connectivity index (χ2v) is 6.06. The van der Waals surface area contributed by atoms with Crippen LogP contribution in [0.5, 0.6) is 0 Å². The first-order chi connectivity index (χ1) is 12.0. The molecule has 124 valence electrons. The zero-order valence-corrected chi connectivity index (χ0v) is 13.9. The maximum absolute atomic E-state index is 12.4. The first-order valence-corrected chi connectivity index (χ1v) is 7.87. The number of fused-ring (bicyclic) bond motifs is 2. The molecule has 0 aliphatic heterocycles. The van der Waals surface area contributed by atoms with Crippen LogP contribution in [0.15, 0.2) is 59.4 Å². The molecule has 0 atom stereocenters. The van der Waals surface area contributed by atoms with Crippen LogP contribution in [0.3, 0.4) is 0 Å². The number of imidazole rings is 1. The molecule has 4 aromatic rings. The Morgan fingerprint density at radius 2 is 1.88 bits per heavy atom. The molecule has 1 amide bonds. The van der Waals surface area contributed by atoms with Gasteiger partial charge in [0.05, 0.1) is 16.6 Å². The van der Waals surface area contributed by atoms with E-state index in [4.69, 9.17) is 0 Å². The Kier molecular flexibility index (Phi) is 3.39. The summed E-state index contributed by atoms with van der Waals surface area (Å²) in [4.78, 5) is 33.8. The van der Waals surface area contributed by atoms with Gasteiger partial charge in [-0.25, -0.2) is 9.55 Å². The van der Waals surface area contributed by atoms with Crippen molar-refractivity contribution < 1.29 is 4.79 Å². The quantitative estimate of drug-likeness (QED) is 0.613. The molecule has 1 N–H and O–H groups in total. The summed E-state index contributed by atoms with van der Waals surface area (Å²) < 4.78 is 1.54. The van der Waals surface area contributed by atoms with Crippen LogP contribution < -0.4 is 5.56 Å². The molecule has 25 heavy (non-hydrogen) atoms. The Balaban J connectivity index is 1.93. The summed E-state index contributed by atoms with van der Waals surface area (Å²) in [5.41, 5.74) is 2.59. The molecule has 0 spiro atoms. The minimum absolute atomic E-state index is 0.0830. The number of hydrogen-bond acceptors (Lipinski definition) is 3. The van der Waals surface area contributed by atoms with Gasteiger partial charge < -0.3 is 9.88 Å². The number of carbonyl (C=O) groups excluding carboxylic acids is 1. The number of amides is 1. The lowest BCUT2D eigenvalue weighted by atomic mass is 10.2. The SMILES string of the molecule is CN(C)C(=O)c1ccc2nc(-n3c(=O)ccc4ccccc43)[nH]c2c1. The summed E-state index contributed by atoms with van der Waals surface area (Å²) in [5, 5.41) is 0.950. The van der Waals surface area contributed by atoms with E-state index in [2.05, 4.69) is 9.97 Å². The second-order valence-electron chi connectivity index (χ2n) is 6.06. The highest BCUT2D eigenvalue weighted by atomic mass is 16.2. The number of hydrogen-bond donors (Lipinski definition) is 1. The van der Waals surface area contributed by atoms with Gasteiger partial charge in [0, 0.05) is 25.7 Å². The fraction of sp³-hybridized carbons (Fsp3) is 0.105. The van der Waals surface area contributed by atoms with E-state index in [-0.39, 0.29) is 11.5 Å². The highest BCUT2D eigenvalue weighted by Gasteiger charge is 2.13. The van der Waals surface area contributed by atoms with Gasteiger partial charge in [0.15, 0.2) is 0 Å². The average Bonchev–Trinajstić information content (AvgIpc) is 3.03. The minimum Gasteiger partial charge on any atom is -0.345 e. The van der Waals surface area contributed by atoms with Crippen LogP contribution in [0.25, 0.3) is 27.9 Å². The minimum atomic E-state index is -0.164. The number of nitrogens with one attached hydrogen (secondary N) is 1. The Labute approximate surface area is 143 Å². The molecule has 0 aliphatic carbocycles.